The number of carbonyl (C=O) groups is 1. The van der Waals surface area contributed by atoms with Crippen LogP contribution in [0.3, 0.4) is 0 Å². The average Bonchev–Trinajstić information content (AvgIpc) is 3.15. The van der Waals surface area contributed by atoms with Gasteiger partial charge < -0.3 is 10.1 Å². The van der Waals surface area contributed by atoms with Gasteiger partial charge in [0, 0.05) is 6.54 Å². The highest BCUT2D eigenvalue weighted by Crippen LogP contribution is 2.32. The summed E-state index contributed by atoms with van der Waals surface area (Å²) in [6.45, 7) is 0.00889. The number of benzene rings is 2. The maximum Gasteiger partial charge on any atom is 0.416 e. The van der Waals surface area contributed by atoms with Crippen LogP contribution in [0.1, 0.15) is 39.0 Å². The summed E-state index contributed by atoms with van der Waals surface area (Å²) in [4.78, 5) is 12.5. The van der Waals surface area contributed by atoms with Gasteiger partial charge in [-0.25, -0.2) is 9.07 Å². The third kappa shape index (κ3) is 4.04. The van der Waals surface area contributed by atoms with Crippen LogP contribution in [0.25, 0.3) is 0 Å². The molecule has 30 heavy (non-hydrogen) atoms. The van der Waals surface area contributed by atoms with Gasteiger partial charge in [0.15, 0.2) is 5.69 Å². The van der Waals surface area contributed by atoms with Crippen molar-refractivity contribution < 1.29 is 27.1 Å². The molecule has 1 aliphatic heterocycles. The number of carbonyl (C=O) groups excluding carboxylic acids is 1. The van der Waals surface area contributed by atoms with Crippen LogP contribution in [-0.2, 0) is 30.6 Å². The number of aromatic nitrogens is 3. The van der Waals surface area contributed by atoms with Gasteiger partial charge in [-0.15, -0.1) is 5.10 Å². The van der Waals surface area contributed by atoms with E-state index in [2.05, 4.69) is 15.6 Å². The Morgan fingerprint density at radius 2 is 1.90 bits per heavy atom. The number of nitrogens with zero attached hydrogens (tertiary/aromatic N) is 3. The lowest BCUT2D eigenvalue weighted by molar-refractivity contribution is -0.138. The molecule has 2 aromatic carbocycles. The Labute approximate surface area is 168 Å². The second-order valence-electron chi connectivity index (χ2n) is 6.76. The molecule has 0 radical (unpaired) electrons. The molecular weight excluding hydrogens is 404 g/mol. The fraction of sp³-hybridized carbons (Fsp3) is 0.250. The van der Waals surface area contributed by atoms with Crippen LogP contribution >= 0.6 is 0 Å². The Hall–Kier alpha value is -3.27. The van der Waals surface area contributed by atoms with Crippen molar-refractivity contribution in [2.24, 2.45) is 0 Å². The molecule has 4 rings (SSSR count). The number of halogens is 4. The maximum absolute atomic E-state index is 13.1. The molecule has 6 nitrogen and oxygen atoms in total. The van der Waals surface area contributed by atoms with Crippen LogP contribution < -0.4 is 5.32 Å². The summed E-state index contributed by atoms with van der Waals surface area (Å²) in [6, 6.07) is 10.9. The van der Waals surface area contributed by atoms with Gasteiger partial charge in [-0.2, -0.15) is 13.2 Å². The quantitative estimate of drug-likeness (QED) is 0.655. The highest BCUT2D eigenvalue weighted by Gasteiger charge is 2.33. The fourth-order valence-electron chi connectivity index (χ4n) is 3.28. The molecule has 2 heterocycles. The molecule has 10 heteroatoms. The molecule has 0 spiro atoms. The Balaban J connectivity index is 1.46. The lowest BCUT2D eigenvalue weighted by Crippen LogP contribution is -2.28. The summed E-state index contributed by atoms with van der Waals surface area (Å²) in [5.41, 5.74) is 0.326. The van der Waals surface area contributed by atoms with E-state index in [4.69, 9.17) is 4.74 Å². The zero-order valence-electron chi connectivity index (χ0n) is 15.5. The van der Waals surface area contributed by atoms with E-state index in [0.29, 0.717) is 5.69 Å². The van der Waals surface area contributed by atoms with E-state index in [1.54, 1.807) is 12.1 Å². The number of nitrogens with one attached hydrogen (secondary N) is 1. The molecule has 3 aromatic rings. The summed E-state index contributed by atoms with van der Waals surface area (Å²) in [7, 11) is 0. The number of hydrogen-bond acceptors (Lipinski definition) is 4. The number of ether oxygens (including phenoxy) is 1. The van der Waals surface area contributed by atoms with Crippen molar-refractivity contribution in [3.8, 4) is 0 Å². The smallest absolute Gasteiger partial charge is 0.365 e. The molecule has 1 N–H and O–H groups in total. The van der Waals surface area contributed by atoms with Crippen molar-refractivity contribution in [2.75, 3.05) is 0 Å². The lowest BCUT2D eigenvalue weighted by Gasteiger charge is -2.24. The van der Waals surface area contributed by atoms with Gasteiger partial charge in [0.1, 0.15) is 11.9 Å². The van der Waals surface area contributed by atoms with Crippen LogP contribution in [0.4, 0.5) is 17.6 Å². The van der Waals surface area contributed by atoms with E-state index in [1.165, 1.54) is 35.0 Å². The van der Waals surface area contributed by atoms with Gasteiger partial charge in [0.25, 0.3) is 5.91 Å². The SMILES string of the molecule is O=C(NCc1ccccc1C(F)(F)F)c1nnn2c1COC(c1ccc(F)cc1)C2. The van der Waals surface area contributed by atoms with Crippen LogP contribution in [0.5, 0.6) is 0 Å². The standard InChI is InChI=1S/C20H16F4N4O2/c21-14-7-5-12(6-8-14)17-10-28-16(11-30-17)18(26-27-28)19(29)25-9-13-3-1-2-4-15(13)20(22,23)24/h1-8,17H,9-11H2,(H,25,29). The monoisotopic (exact) mass is 420 g/mol. The molecule has 0 bridgehead atoms. The van der Waals surface area contributed by atoms with Gasteiger partial charge >= 0.3 is 6.18 Å². The third-order valence-corrected chi connectivity index (χ3v) is 4.82. The first-order chi connectivity index (χ1) is 14.3. The Morgan fingerprint density at radius 3 is 2.63 bits per heavy atom. The molecule has 1 aliphatic rings. The van der Waals surface area contributed by atoms with E-state index in [9.17, 15) is 22.4 Å². The van der Waals surface area contributed by atoms with Crippen molar-refractivity contribution in [1.29, 1.82) is 0 Å². The van der Waals surface area contributed by atoms with E-state index < -0.39 is 17.6 Å². The Morgan fingerprint density at radius 1 is 1.17 bits per heavy atom. The molecule has 1 unspecified atom stereocenters. The van der Waals surface area contributed by atoms with Crippen molar-refractivity contribution in [2.45, 2.75) is 32.0 Å². The van der Waals surface area contributed by atoms with Gasteiger partial charge in [0.2, 0.25) is 0 Å². The van der Waals surface area contributed by atoms with Crippen molar-refractivity contribution in [3.63, 3.8) is 0 Å². The highest BCUT2D eigenvalue weighted by atomic mass is 19.4. The van der Waals surface area contributed by atoms with Crippen LogP contribution in [0.2, 0.25) is 0 Å². The van der Waals surface area contributed by atoms with Gasteiger partial charge in [-0.3, -0.25) is 4.79 Å². The number of rotatable bonds is 4. The van der Waals surface area contributed by atoms with Crippen LogP contribution in [0.15, 0.2) is 48.5 Å². The first-order valence-corrected chi connectivity index (χ1v) is 9.05. The molecule has 1 aromatic heterocycles. The summed E-state index contributed by atoms with van der Waals surface area (Å²) < 4.78 is 59.6. The van der Waals surface area contributed by atoms with Gasteiger partial charge in [-0.05, 0) is 29.3 Å². The predicted molar refractivity (Wildman–Crippen MR) is 96.6 cm³/mol. The molecule has 0 saturated carbocycles. The Bertz CT molecular complexity index is 1060. The van der Waals surface area contributed by atoms with E-state index in [-0.39, 0.29) is 42.9 Å². The zero-order chi connectivity index (χ0) is 21.3. The van der Waals surface area contributed by atoms with Gasteiger partial charge in [0.05, 0.1) is 24.4 Å². The zero-order valence-corrected chi connectivity index (χ0v) is 15.5. The lowest BCUT2D eigenvalue weighted by atomic mass is 10.1. The summed E-state index contributed by atoms with van der Waals surface area (Å²) in [6.07, 6.45) is -4.89. The number of amides is 1. The molecule has 1 atom stereocenters. The van der Waals surface area contributed by atoms with Crippen molar-refractivity contribution in [3.05, 3.63) is 82.4 Å². The highest BCUT2D eigenvalue weighted by molar-refractivity contribution is 5.93. The maximum atomic E-state index is 13.1. The second kappa shape index (κ2) is 7.86. The van der Waals surface area contributed by atoms with Crippen LogP contribution in [-0.4, -0.2) is 20.9 Å². The van der Waals surface area contributed by atoms with Crippen molar-refractivity contribution >= 4 is 5.91 Å². The normalized spacial score (nSPS) is 16.2. The molecule has 156 valence electrons. The molecule has 0 saturated heterocycles. The topological polar surface area (TPSA) is 69.0 Å². The molecule has 0 aliphatic carbocycles. The van der Waals surface area contributed by atoms with E-state index in [1.807, 2.05) is 0 Å². The minimum absolute atomic E-state index is 0.00274. The minimum Gasteiger partial charge on any atom is -0.365 e. The Kier molecular flexibility index (Phi) is 5.25. The number of alkyl halides is 3. The minimum atomic E-state index is -4.51. The van der Waals surface area contributed by atoms with E-state index in [0.717, 1.165) is 11.6 Å². The summed E-state index contributed by atoms with van der Waals surface area (Å²) in [5.74, 6) is -1.00. The molecule has 0 fully saturated rings. The number of hydrogen-bond donors (Lipinski definition) is 1. The first-order valence-electron chi connectivity index (χ1n) is 9.05. The second-order valence-corrected chi connectivity index (χ2v) is 6.76. The predicted octanol–water partition coefficient (Wildman–Crippen LogP) is 3.64. The third-order valence-electron chi connectivity index (χ3n) is 4.82. The molecular formula is C20H16F4N4O2. The fourth-order valence-corrected chi connectivity index (χ4v) is 3.28. The van der Waals surface area contributed by atoms with Crippen LogP contribution in [0, 0.1) is 5.82 Å². The first kappa shape index (κ1) is 20.0. The average molecular weight is 420 g/mol. The number of fused-ring (bicyclic) bond motifs is 1. The summed E-state index contributed by atoms with van der Waals surface area (Å²) >= 11 is 0. The largest absolute Gasteiger partial charge is 0.416 e. The van der Waals surface area contributed by atoms with Gasteiger partial charge in [-0.1, -0.05) is 35.5 Å². The van der Waals surface area contributed by atoms with Crippen molar-refractivity contribution in [1.82, 2.24) is 20.3 Å². The molecule has 1 amide bonds. The summed E-state index contributed by atoms with van der Waals surface area (Å²) in [5, 5.41) is 10.3. The van der Waals surface area contributed by atoms with E-state index >= 15 is 0 Å².